The summed E-state index contributed by atoms with van der Waals surface area (Å²) in [6.07, 6.45) is 2.02. The third-order valence-electron chi connectivity index (χ3n) is 4.35. The number of halogens is 1. The van der Waals surface area contributed by atoms with Crippen molar-refractivity contribution in [1.82, 2.24) is 15.1 Å². The number of rotatable bonds is 8. The summed E-state index contributed by atoms with van der Waals surface area (Å²) in [4.78, 5) is 16.1. The number of unbranched alkanes of at least 4 members (excludes halogenated alkanes) is 1. The molecule has 0 heterocycles. The highest BCUT2D eigenvalue weighted by atomic mass is 19.1. The molecule has 5 heteroatoms. The Labute approximate surface area is 139 Å². The molecule has 130 valence electrons. The molecule has 1 aromatic carbocycles. The Morgan fingerprint density at radius 3 is 2.30 bits per heavy atom. The minimum atomic E-state index is -0.264. The Morgan fingerprint density at radius 2 is 1.74 bits per heavy atom. The van der Waals surface area contributed by atoms with Crippen LogP contribution in [0, 0.1) is 5.82 Å². The molecule has 0 spiro atoms. The Morgan fingerprint density at radius 1 is 1.13 bits per heavy atom. The van der Waals surface area contributed by atoms with Gasteiger partial charge in [0, 0.05) is 19.6 Å². The lowest BCUT2D eigenvalue weighted by Gasteiger charge is -2.26. The van der Waals surface area contributed by atoms with Gasteiger partial charge in [0.15, 0.2) is 0 Å². The number of carbonyl (C=O) groups is 1. The van der Waals surface area contributed by atoms with Crippen molar-refractivity contribution in [3.8, 4) is 0 Å². The van der Waals surface area contributed by atoms with Crippen LogP contribution in [-0.4, -0.2) is 49.1 Å². The van der Waals surface area contributed by atoms with Crippen molar-refractivity contribution in [2.45, 2.75) is 45.7 Å². The van der Waals surface area contributed by atoms with Gasteiger partial charge in [-0.15, -0.1) is 0 Å². The highest BCUT2D eigenvalue weighted by Gasteiger charge is 2.16. The van der Waals surface area contributed by atoms with Crippen molar-refractivity contribution in [2.24, 2.45) is 0 Å². The maximum absolute atomic E-state index is 13.0. The molecule has 1 aromatic rings. The molecule has 23 heavy (non-hydrogen) atoms. The fourth-order valence-corrected chi connectivity index (χ4v) is 2.21. The molecule has 0 aliphatic heterocycles. The maximum atomic E-state index is 13.0. The van der Waals surface area contributed by atoms with Crippen LogP contribution in [0.15, 0.2) is 24.3 Å². The molecule has 4 nitrogen and oxygen atoms in total. The van der Waals surface area contributed by atoms with Crippen molar-refractivity contribution >= 4 is 6.03 Å². The van der Waals surface area contributed by atoms with Crippen LogP contribution in [0.2, 0.25) is 0 Å². The summed E-state index contributed by atoms with van der Waals surface area (Å²) in [5.41, 5.74) is 0.919. The molecule has 1 N–H and O–H groups in total. The summed E-state index contributed by atoms with van der Waals surface area (Å²) in [5.74, 6) is -0.264. The van der Waals surface area contributed by atoms with Gasteiger partial charge in [0.05, 0.1) is 6.04 Å². The van der Waals surface area contributed by atoms with Crippen LogP contribution in [0.3, 0.4) is 0 Å². The molecule has 2 amide bonds. The Bertz CT molecular complexity index is 476. The number of hydrogen-bond donors (Lipinski definition) is 1. The lowest BCUT2D eigenvalue weighted by Crippen LogP contribution is -2.39. The first-order valence-electron chi connectivity index (χ1n) is 8.29. The maximum Gasteiger partial charge on any atom is 0.317 e. The second-order valence-electron chi connectivity index (χ2n) is 6.35. The van der Waals surface area contributed by atoms with Gasteiger partial charge >= 0.3 is 6.03 Å². The fourth-order valence-electron chi connectivity index (χ4n) is 2.21. The third-order valence-corrected chi connectivity index (χ3v) is 4.35. The number of nitrogens with zero attached hydrogens (tertiary/aromatic N) is 2. The zero-order chi connectivity index (χ0) is 17.4. The smallest absolute Gasteiger partial charge is 0.317 e. The summed E-state index contributed by atoms with van der Waals surface area (Å²) in [7, 11) is 3.87. The lowest BCUT2D eigenvalue weighted by atomic mass is 10.1. The van der Waals surface area contributed by atoms with E-state index in [9.17, 15) is 9.18 Å². The summed E-state index contributed by atoms with van der Waals surface area (Å²) >= 11 is 0. The van der Waals surface area contributed by atoms with E-state index in [2.05, 4.69) is 31.1 Å². The van der Waals surface area contributed by atoms with E-state index in [4.69, 9.17) is 0 Å². The topological polar surface area (TPSA) is 35.6 Å². The first kappa shape index (κ1) is 19.4. The SMILES string of the molecule is CC(C)N(C)CCCCNC(=O)N(C)C(C)c1ccc(F)cc1. The van der Waals surface area contributed by atoms with Gasteiger partial charge < -0.3 is 15.1 Å². The standard InChI is InChI=1S/C18H30FN3O/c1-14(2)21(4)13-7-6-12-20-18(23)22(5)15(3)16-8-10-17(19)11-9-16/h8-11,14-15H,6-7,12-13H2,1-5H3,(H,20,23). The molecular weight excluding hydrogens is 293 g/mol. The van der Waals surface area contributed by atoms with Crippen LogP contribution in [0.25, 0.3) is 0 Å². The minimum absolute atomic E-state index is 0.0947. The molecule has 0 saturated carbocycles. The van der Waals surface area contributed by atoms with Gasteiger partial charge in [-0.05, 0) is 64.9 Å². The summed E-state index contributed by atoms with van der Waals surface area (Å²) in [6.45, 7) is 7.99. The molecule has 0 radical (unpaired) electrons. The van der Waals surface area contributed by atoms with Crippen LogP contribution < -0.4 is 5.32 Å². The quantitative estimate of drug-likeness (QED) is 0.741. The van der Waals surface area contributed by atoms with Gasteiger partial charge in [-0.1, -0.05) is 12.1 Å². The Kier molecular flexibility index (Phi) is 8.03. The van der Waals surface area contributed by atoms with Crippen molar-refractivity contribution in [3.63, 3.8) is 0 Å². The zero-order valence-corrected chi connectivity index (χ0v) is 15.0. The van der Waals surface area contributed by atoms with E-state index in [1.54, 1.807) is 24.1 Å². The van der Waals surface area contributed by atoms with E-state index in [1.165, 1.54) is 12.1 Å². The predicted octanol–water partition coefficient (Wildman–Crippen LogP) is 3.65. The van der Waals surface area contributed by atoms with Gasteiger partial charge in [-0.3, -0.25) is 0 Å². The second-order valence-corrected chi connectivity index (χ2v) is 6.35. The molecule has 1 unspecified atom stereocenters. The molecular formula is C18H30FN3O. The molecule has 0 aliphatic rings. The van der Waals surface area contributed by atoms with E-state index in [-0.39, 0.29) is 17.9 Å². The van der Waals surface area contributed by atoms with E-state index < -0.39 is 0 Å². The molecule has 0 saturated heterocycles. The van der Waals surface area contributed by atoms with Crippen LogP contribution in [0.4, 0.5) is 9.18 Å². The first-order valence-corrected chi connectivity index (χ1v) is 8.29. The number of urea groups is 1. The van der Waals surface area contributed by atoms with Gasteiger partial charge in [0.25, 0.3) is 0 Å². The lowest BCUT2D eigenvalue weighted by molar-refractivity contribution is 0.194. The predicted molar refractivity (Wildman–Crippen MR) is 93.0 cm³/mol. The first-order chi connectivity index (χ1) is 10.8. The van der Waals surface area contributed by atoms with Crippen LogP contribution in [0.1, 0.15) is 45.2 Å². The fraction of sp³-hybridized carbons (Fsp3) is 0.611. The van der Waals surface area contributed by atoms with E-state index in [0.717, 1.165) is 24.9 Å². The monoisotopic (exact) mass is 323 g/mol. The van der Waals surface area contributed by atoms with Gasteiger partial charge in [-0.2, -0.15) is 0 Å². The highest BCUT2D eigenvalue weighted by Crippen LogP contribution is 2.18. The van der Waals surface area contributed by atoms with Crippen molar-refractivity contribution < 1.29 is 9.18 Å². The largest absolute Gasteiger partial charge is 0.338 e. The molecule has 0 bridgehead atoms. The van der Waals surface area contributed by atoms with Crippen LogP contribution in [0.5, 0.6) is 0 Å². The van der Waals surface area contributed by atoms with E-state index in [0.29, 0.717) is 12.6 Å². The van der Waals surface area contributed by atoms with Crippen LogP contribution in [-0.2, 0) is 0 Å². The average Bonchev–Trinajstić information content (AvgIpc) is 2.53. The average molecular weight is 323 g/mol. The number of carbonyl (C=O) groups excluding carboxylic acids is 1. The van der Waals surface area contributed by atoms with Gasteiger partial charge in [0.1, 0.15) is 5.82 Å². The molecule has 0 fully saturated rings. The zero-order valence-electron chi connectivity index (χ0n) is 15.0. The molecule has 0 aliphatic carbocycles. The van der Waals surface area contributed by atoms with Gasteiger partial charge in [0.2, 0.25) is 0 Å². The normalized spacial score (nSPS) is 12.5. The molecule has 1 rings (SSSR count). The second kappa shape index (κ2) is 9.50. The Hall–Kier alpha value is -1.62. The number of hydrogen-bond acceptors (Lipinski definition) is 2. The van der Waals surface area contributed by atoms with E-state index in [1.807, 2.05) is 6.92 Å². The number of nitrogens with one attached hydrogen (secondary N) is 1. The minimum Gasteiger partial charge on any atom is -0.338 e. The summed E-state index contributed by atoms with van der Waals surface area (Å²) in [5, 5.41) is 2.94. The number of amides is 2. The van der Waals surface area contributed by atoms with Crippen molar-refractivity contribution in [2.75, 3.05) is 27.2 Å². The van der Waals surface area contributed by atoms with Gasteiger partial charge in [-0.25, -0.2) is 9.18 Å². The highest BCUT2D eigenvalue weighted by molar-refractivity contribution is 5.74. The number of benzene rings is 1. The third kappa shape index (κ3) is 6.57. The molecule has 0 aromatic heterocycles. The summed E-state index contributed by atoms with van der Waals surface area (Å²) < 4.78 is 13.0. The van der Waals surface area contributed by atoms with Crippen molar-refractivity contribution in [1.29, 1.82) is 0 Å². The summed E-state index contributed by atoms with van der Waals surface area (Å²) in [6, 6.07) is 6.62. The van der Waals surface area contributed by atoms with Crippen molar-refractivity contribution in [3.05, 3.63) is 35.6 Å². The van der Waals surface area contributed by atoms with E-state index >= 15 is 0 Å². The Balaban J connectivity index is 2.32. The van der Waals surface area contributed by atoms with Crippen LogP contribution >= 0.6 is 0 Å². The molecule has 1 atom stereocenters.